The van der Waals surface area contributed by atoms with Gasteiger partial charge in [0, 0.05) is 25.2 Å². The first-order valence-electron chi connectivity index (χ1n) is 5.91. The van der Waals surface area contributed by atoms with Crippen LogP contribution in [0.5, 0.6) is 0 Å². The highest BCUT2D eigenvalue weighted by molar-refractivity contribution is 5.57. The third kappa shape index (κ3) is 3.31. The van der Waals surface area contributed by atoms with Gasteiger partial charge in [-0.3, -0.25) is 0 Å². The minimum Gasteiger partial charge on any atom is -0.370 e. The molecule has 0 saturated carbocycles. The number of rotatable bonds is 6. The number of aromatic nitrogens is 2. The molecule has 1 N–H and O–H groups in total. The zero-order chi connectivity index (χ0) is 12.7. The molecule has 0 spiro atoms. The zero-order valence-electron chi connectivity index (χ0n) is 10.7. The second kappa shape index (κ2) is 6.69. The Kier molecular flexibility index (Phi) is 5.21. The van der Waals surface area contributed by atoms with Gasteiger partial charge in [0.05, 0.1) is 12.5 Å². The van der Waals surface area contributed by atoms with Crippen molar-refractivity contribution in [1.29, 1.82) is 5.26 Å². The third-order valence-electron chi connectivity index (χ3n) is 2.58. The van der Waals surface area contributed by atoms with Crippen LogP contribution < -0.4 is 10.2 Å². The summed E-state index contributed by atoms with van der Waals surface area (Å²) < 4.78 is 0. The molecule has 0 fully saturated rings. The summed E-state index contributed by atoms with van der Waals surface area (Å²) in [6.07, 6.45) is 2.07. The van der Waals surface area contributed by atoms with Crippen molar-refractivity contribution in [2.75, 3.05) is 29.9 Å². The monoisotopic (exact) mass is 233 g/mol. The Bertz CT molecular complexity index is 396. The molecule has 0 atom stereocenters. The van der Waals surface area contributed by atoms with E-state index < -0.39 is 0 Å². The fourth-order valence-corrected chi connectivity index (χ4v) is 1.70. The van der Waals surface area contributed by atoms with E-state index >= 15 is 0 Å². The molecule has 1 heterocycles. The van der Waals surface area contributed by atoms with Crippen molar-refractivity contribution in [3.05, 3.63) is 11.9 Å². The molecular weight excluding hydrogens is 214 g/mol. The predicted molar refractivity (Wildman–Crippen MR) is 69.0 cm³/mol. The van der Waals surface area contributed by atoms with Crippen LogP contribution in [0.15, 0.2) is 6.33 Å². The van der Waals surface area contributed by atoms with Crippen LogP contribution in [0.1, 0.15) is 25.8 Å². The first-order valence-corrected chi connectivity index (χ1v) is 5.91. The summed E-state index contributed by atoms with van der Waals surface area (Å²) in [6.45, 7) is 8.48. The normalized spacial score (nSPS) is 9.76. The Hall–Kier alpha value is -1.83. The summed E-state index contributed by atoms with van der Waals surface area (Å²) in [5.74, 6) is 1.78. The van der Waals surface area contributed by atoms with Gasteiger partial charge < -0.3 is 10.2 Å². The van der Waals surface area contributed by atoms with Crippen molar-refractivity contribution in [3.8, 4) is 6.07 Å². The lowest BCUT2D eigenvalue weighted by atomic mass is 10.2. The van der Waals surface area contributed by atoms with Crippen molar-refractivity contribution < 1.29 is 0 Å². The molecule has 5 heteroatoms. The average Bonchev–Trinajstić information content (AvgIpc) is 2.34. The average molecular weight is 233 g/mol. The van der Waals surface area contributed by atoms with Crippen LogP contribution in [0.4, 0.5) is 11.6 Å². The minimum absolute atomic E-state index is 0.508. The van der Waals surface area contributed by atoms with E-state index in [-0.39, 0.29) is 0 Å². The molecule has 5 nitrogen and oxygen atoms in total. The van der Waals surface area contributed by atoms with Gasteiger partial charge >= 0.3 is 0 Å². The van der Waals surface area contributed by atoms with Crippen molar-refractivity contribution in [2.24, 2.45) is 0 Å². The van der Waals surface area contributed by atoms with Crippen LogP contribution in [-0.2, 0) is 0 Å². The van der Waals surface area contributed by atoms with Crippen molar-refractivity contribution in [1.82, 2.24) is 9.97 Å². The molecular formula is C12H19N5. The maximum absolute atomic E-state index is 8.64. The molecule has 0 saturated heterocycles. The lowest BCUT2D eigenvalue weighted by Crippen LogP contribution is -2.26. The molecule has 1 rings (SSSR count). The first-order chi connectivity index (χ1) is 8.24. The zero-order valence-corrected chi connectivity index (χ0v) is 10.7. The summed E-state index contributed by atoms with van der Waals surface area (Å²) in [7, 11) is 0. The van der Waals surface area contributed by atoms with Gasteiger partial charge in [0.1, 0.15) is 18.0 Å². The summed E-state index contributed by atoms with van der Waals surface area (Å²) in [5, 5.41) is 11.9. The highest BCUT2D eigenvalue weighted by Gasteiger charge is 2.12. The number of hydrogen-bond donors (Lipinski definition) is 1. The van der Waals surface area contributed by atoms with Gasteiger partial charge in [-0.2, -0.15) is 5.26 Å². The third-order valence-corrected chi connectivity index (χ3v) is 2.58. The quantitative estimate of drug-likeness (QED) is 0.813. The molecule has 17 heavy (non-hydrogen) atoms. The second-order valence-electron chi connectivity index (χ2n) is 3.69. The molecule has 0 radical (unpaired) electrons. The molecule has 0 aliphatic carbocycles. The number of hydrogen-bond acceptors (Lipinski definition) is 5. The Morgan fingerprint density at radius 2 is 2.18 bits per heavy atom. The van der Waals surface area contributed by atoms with E-state index in [2.05, 4.69) is 33.2 Å². The number of nitrogens with zero attached hydrogens (tertiary/aromatic N) is 4. The predicted octanol–water partition coefficient (Wildman–Crippen LogP) is 1.96. The van der Waals surface area contributed by atoms with Gasteiger partial charge in [-0.1, -0.05) is 0 Å². The number of anilines is 2. The van der Waals surface area contributed by atoms with E-state index in [9.17, 15) is 0 Å². The molecule has 1 aromatic heterocycles. The molecule has 0 amide bonds. The van der Waals surface area contributed by atoms with Gasteiger partial charge in [0.25, 0.3) is 0 Å². The molecule has 0 aliphatic rings. The topological polar surface area (TPSA) is 64.8 Å². The van der Waals surface area contributed by atoms with E-state index in [1.54, 1.807) is 6.33 Å². The molecule has 0 unspecified atom stereocenters. The first kappa shape index (κ1) is 13.2. The summed E-state index contributed by atoms with van der Waals surface area (Å²) >= 11 is 0. The minimum atomic E-state index is 0.508. The van der Waals surface area contributed by atoms with Crippen molar-refractivity contribution >= 4 is 11.6 Å². The van der Waals surface area contributed by atoms with Gasteiger partial charge in [0.2, 0.25) is 0 Å². The van der Waals surface area contributed by atoms with Crippen LogP contribution >= 0.6 is 0 Å². The maximum atomic E-state index is 8.64. The highest BCUT2D eigenvalue weighted by Crippen LogP contribution is 2.21. The fourth-order valence-electron chi connectivity index (χ4n) is 1.70. The lowest BCUT2D eigenvalue weighted by Gasteiger charge is -2.23. The molecule has 0 aliphatic heterocycles. The smallest absolute Gasteiger partial charge is 0.137 e. The standard InChI is InChI=1S/C12H19N5/c1-4-14-11-10(3)12(16-9-15-11)17(5-2)8-6-7-13/h9H,4-6,8H2,1-3H3,(H,14,15,16). The Morgan fingerprint density at radius 1 is 1.41 bits per heavy atom. The summed E-state index contributed by atoms with van der Waals surface area (Å²) in [5.41, 5.74) is 1.04. The van der Waals surface area contributed by atoms with Crippen LogP contribution in [0.25, 0.3) is 0 Å². The van der Waals surface area contributed by atoms with E-state index in [1.807, 2.05) is 13.8 Å². The Labute approximate surface area is 102 Å². The maximum Gasteiger partial charge on any atom is 0.137 e. The Balaban J connectivity index is 2.95. The summed E-state index contributed by atoms with van der Waals surface area (Å²) in [6, 6.07) is 2.16. The lowest BCUT2D eigenvalue weighted by molar-refractivity contribution is 0.802. The highest BCUT2D eigenvalue weighted by atomic mass is 15.2. The molecule has 0 bridgehead atoms. The van der Waals surface area contributed by atoms with Crippen LogP contribution in [0.3, 0.4) is 0 Å². The Morgan fingerprint density at radius 3 is 2.76 bits per heavy atom. The van der Waals surface area contributed by atoms with Crippen molar-refractivity contribution in [3.63, 3.8) is 0 Å². The fraction of sp³-hybridized carbons (Fsp3) is 0.583. The van der Waals surface area contributed by atoms with Gasteiger partial charge in [0.15, 0.2) is 0 Å². The van der Waals surface area contributed by atoms with Gasteiger partial charge in [-0.25, -0.2) is 9.97 Å². The largest absolute Gasteiger partial charge is 0.370 e. The van der Waals surface area contributed by atoms with Crippen LogP contribution in [0, 0.1) is 18.3 Å². The van der Waals surface area contributed by atoms with E-state index in [4.69, 9.17) is 5.26 Å². The van der Waals surface area contributed by atoms with Crippen LogP contribution in [-0.4, -0.2) is 29.6 Å². The number of nitriles is 1. The van der Waals surface area contributed by atoms with Gasteiger partial charge in [-0.15, -0.1) is 0 Å². The molecule has 92 valence electrons. The SMILES string of the molecule is CCNc1ncnc(N(CC)CCC#N)c1C. The van der Waals surface area contributed by atoms with E-state index in [0.717, 1.165) is 30.3 Å². The van der Waals surface area contributed by atoms with Crippen LogP contribution in [0.2, 0.25) is 0 Å². The van der Waals surface area contributed by atoms with Crippen molar-refractivity contribution in [2.45, 2.75) is 27.2 Å². The van der Waals surface area contributed by atoms with Gasteiger partial charge in [-0.05, 0) is 20.8 Å². The molecule has 0 aromatic carbocycles. The van der Waals surface area contributed by atoms with E-state index in [1.165, 1.54) is 0 Å². The summed E-state index contributed by atoms with van der Waals surface area (Å²) in [4.78, 5) is 10.6. The number of nitrogens with one attached hydrogen (secondary N) is 1. The second-order valence-corrected chi connectivity index (χ2v) is 3.69. The molecule has 1 aromatic rings. The van der Waals surface area contributed by atoms with E-state index in [0.29, 0.717) is 13.0 Å².